The SMILES string of the molecule is CCCCCCCCCCCCCOC(=O)CCCCCC(=O)Oc1ccccc1Cl. The van der Waals surface area contributed by atoms with Crippen molar-refractivity contribution in [2.45, 2.75) is 110 Å². The van der Waals surface area contributed by atoms with Crippen LogP contribution in [0.2, 0.25) is 5.02 Å². The van der Waals surface area contributed by atoms with Crippen LogP contribution in [0.4, 0.5) is 0 Å². The summed E-state index contributed by atoms with van der Waals surface area (Å²) in [7, 11) is 0. The molecular formula is C26H41ClO4. The number of hydrogen-bond donors (Lipinski definition) is 0. The Labute approximate surface area is 194 Å². The van der Waals surface area contributed by atoms with Gasteiger partial charge in [0.05, 0.1) is 11.6 Å². The van der Waals surface area contributed by atoms with Gasteiger partial charge in [-0.1, -0.05) is 101 Å². The predicted molar refractivity (Wildman–Crippen MR) is 128 cm³/mol. The summed E-state index contributed by atoms with van der Waals surface area (Å²) in [6.07, 6.45) is 17.1. The lowest BCUT2D eigenvalue weighted by Crippen LogP contribution is -2.08. The zero-order valence-corrected chi connectivity index (χ0v) is 20.1. The number of rotatable bonds is 19. The molecule has 0 saturated carbocycles. The number of esters is 2. The van der Waals surface area contributed by atoms with Crippen LogP contribution in [-0.4, -0.2) is 18.5 Å². The van der Waals surface area contributed by atoms with Crippen LogP contribution in [0.25, 0.3) is 0 Å². The maximum Gasteiger partial charge on any atom is 0.311 e. The van der Waals surface area contributed by atoms with Crippen molar-refractivity contribution in [3.63, 3.8) is 0 Å². The summed E-state index contributed by atoms with van der Waals surface area (Å²) in [5.41, 5.74) is 0. The molecule has 0 fully saturated rings. The molecule has 0 aliphatic heterocycles. The van der Waals surface area contributed by atoms with Gasteiger partial charge in [-0.3, -0.25) is 9.59 Å². The Hall–Kier alpha value is -1.55. The molecule has 0 N–H and O–H groups in total. The van der Waals surface area contributed by atoms with Crippen LogP contribution in [0, 0.1) is 0 Å². The molecule has 0 unspecified atom stereocenters. The minimum absolute atomic E-state index is 0.134. The van der Waals surface area contributed by atoms with Crippen molar-refractivity contribution in [3.8, 4) is 5.75 Å². The van der Waals surface area contributed by atoms with Gasteiger partial charge in [-0.15, -0.1) is 0 Å². The smallest absolute Gasteiger partial charge is 0.311 e. The highest BCUT2D eigenvalue weighted by Crippen LogP contribution is 2.23. The first kappa shape index (κ1) is 27.5. The summed E-state index contributed by atoms with van der Waals surface area (Å²) in [6.45, 7) is 2.78. The molecule has 0 amide bonds. The Morgan fingerprint density at radius 3 is 1.84 bits per heavy atom. The predicted octanol–water partition coefficient (Wildman–Crippen LogP) is 8.05. The van der Waals surface area contributed by atoms with E-state index in [9.17, 15) is 9.59 Å². The summed E-state index contributed by atoms with van der Waals surface area (Å²) in [5.74, 6) is -0.0435. The highest BCUT2D eigenvalue weighted by Gasteiger charge is 2.08. The second kappa shape index (κ2) is 19.2. The Bertz CT molecular complexity index is 603. The van der Waals surface area contributed by atoms with E-state index >= 15 is 0 Å². The van der Waals surface area contributed by atoms with Crippen LogP contribution in [0.3, 0.4) is 0 Å². The van der Waals surface area contributed by atoms with Crippen LogP contribution < -0.4 is 4.74 Å². The van der Waals surface area contributed by atoms with E-state index in [4.69, 9.17) is 21.1 Å². The van der Waals surface area contributed by atoms with Crippen LogP contribution in [-0.2, 0) is 14.3 Å². The Balaban J connectivity index is 1.86. The first-order chi connectivity index (χ1) is 15.1. The lowest BCUT2D eigenvalue weighted by Gasteiger charge is -2.06. The molecule has 1 rings (SSSR count). The number of carbonyl (C=O) groups excluding carboxylic acids is 2. The Morgan fingerprint density at radius 1 is 0.710 bits per heavy atom. The third-order valence-electron chi connectivity index (χ3n) is 5.33. The van der Waals surface area contributed by atoms with E-state index in [1.54, 1.807) is 24.3 Å². The summed E-state index contributed by atoms with van der Waals surface area (Å²) in [6, 6.07) is 6.92. The summed E-state index contributed by atoms with van der Waals surface area (Å²) in [5, 5.41) is 0.427. The zero-order chi connectivity index (χ0) is 22.6. The van der Waals surface area contributed by atoms with Gasteiger partial charge >= 0.3 is 11.9 Å². The third kappa shape index (κ3) is 15.8. The zero-order valence-electron chi connectivity index (χ0n) is 19.3. The number of para-hydroxylation sites is 1. The average Bonchev–Trinajstić information content (AvgIpc) is 2.76. The molecule has 0 aliphatic carbocycles. The minimum atomic E-state index is -0.299. The Morgan fingerprint density at radius 2 is 1.23 bits per heavy atom. The van der Waals surface area contributed by atoms with Crippen molar-refractivity contribution < 1.29 is 19.1 Å². The first-order valence-corrected chi connectivity index (χ1v) is 12.6. The molecule has 31 heavy (non-hydrogen) atoms. The van der Waals surface area contributed by atoms with E-state index in [0.717, 1.165) is 25.7 Å². The largest absolute Gasteiger partial charge is 0.466 e. The molecule has 0 heterocycles. The standard InChI is InChI=1S/C26H41ClO4/c1-2-3-4-5-6-7-8-9-10-11-17-22-30-25(28)20-13-12-14-21-26(29)31-24-19-16-15-18-23(24)27/h15-16,18-19H,2-14,17,20-22H2,1H3. The lowest BCUT2D eigenvalue weighted by molar-refractivity contribution is -0.143. The van der Waals surface area contributed by atoms with E-state index < -0.39 is 0 Å². The summed E-state index contributed by atoms with van der Waals surface area (Å²) in [4.78, 5) is 23.6. The average molecular weight is 453 g/mol. The van der Waals surface area contributed by atoms with Crippen LogP contribution in [0.1, 0.15) is 110 Å². The first-order valence-electron chi connectivity index (χ1n) is 12.2. The summed E-state index contributed by atoms with van der Waals surface area (Å²) >= 11 is 5.97. The van der Waals surface area contributed by atoms with Crippen molar-refractivity contribution in [2.24, 2.45) is 0 Å². The number of benzene rings is 1. The van der Waals surface area contributed by atoms with Gasteiger partial charge in [-0.2, -0.15) is 0 Å². The molecule has 0 radical (unpaired) electrons. The van der Waals surface area contributed by atoms with Crippen molar-refractivity contribution in [2.75, 3.05) is 6.61 Å². The molecule has 5 heteroatoms. The number of unbranched alkanes of at least 4 members (excludes halogenated alkanes) is 12. The molecule has 0 atom stereocenters. The third-order valence-corrected chi connectivity index (χ3v) is 5.65. The van der Waals surface area contributed by atoms with Gasteiger partial charge in [0.1, 0.15) is 5.75 Å². The van der Waals surface area contributed by atoms with Crippen LogP contribution in [0.15, 0.2) is 24.3 Å². The van der Waals surface area contributed by atoms with Crippen molar-refractivity contribution in [1.29, 1.82) is 0 Å². The molecular weight excluding hydrogens is 412 g/mol. The van der Waals surface area contributed by atoms with E-state index in [2.05, 4.69) is 6.92 Å². The van der Waals surface area contributed by atoms with Crippen molar-refractivity contribution >= 4 is 23.5 Å². The van der Waals surface area contributed by atoms with Crippen LogP contribution >= 0.6 is 11.6 Å². The van der Waals surface area contributed by atoms with E-state index in [0.29, 0.717) is 36.6 Å². The fourth-order valence-electron chi connectivity index (χ4n) is 3.44. The molecule has 1 aromatic carbocycles. The minimum Gasteiger partial charge on any atom is -0.466 e. The monoisotopic (exact) mass is 452 g/mol. The fourth-order valence-corrected chi connectivity index (χ4v) is 3.62. The highest BCUT2D eigenvalue weighted by atomic mass is 35.5. The lowest BCUT2D eigenvalue weighted by atomic mass is 10.1. The van der Waals surface area contributed by atoms with Gasteiger partial charge in [-0.25, -0.2) is 0 Å². The van der Waals surface area contributed by atoms with E-state index in [-0.39, 0.29) is 11.9 Å². The van der Waals surface area contributed by atoms with Gasteiger partial charge in [-0.05, 0) is 31.4 Å². The molecule has 0 bridgehead atoms. The second-order valence-corrected chi connectivity index (χ2v) is 8.63. The van der Waals surface area contributed by atoms with E-state index in [1.807, 2.05) is 0 Å². The van der Waals surface area contributed by atoms with Crippen molar-refractivity contribution in [3.05, 3.63) is 29.3 Å². The van der Waals surface area contributed by atoms with E-state index in [1.165, 1.54) is 57.8 Å². The highest BCUT2D eigenvalue weighted by molar-refractivity contribution is 6.32. The maximum absolute atomic E-state index is 11.8. The molecule has 0 aromatic heterocycles. The number of hydrogen-bond acceptors (Lipinski definition) is 4. The molecule has 4 nitrogen and oxygen atoms in total. The number of ether oxygens (including phenoxy) is 2. The molecule has 0 aliphatic rings. The Kier molecular flexibility index (Phi) is 17.0. The molecule has 0 saturated heterocycles. The maximum atomic E-state index is 11.8. The molecule has 1 aromatic rings. The summed E-state index contributed by atoms with van der Waals surface area (Å²) < 4.78 is 10.5. The van der Waals surface area contributed by atoms with Gasteiger partial charge in [0.25, 0.3) is 0 Å². The normalized spacial score (nSPS) is 10.8. The quantitative estimate of drug-likeness (QED) is 0.121. The van der Waals surface area contributed by atoms with Gasteiger partial charge < -0.3 is 9.47 Å². The van der Waals surface area contributed by atoms with Gasteiger partial charge in [0.2, 0.25) is 0 Å². The number of carbonyl (C=O) groups is 2. The fraction of sp³-hybridized carbons (Fsp3) is 0.692. The number of halogens is 1. The molecule has 176 valence electrons. The van der Waals surface area contributed by atoms with Gasteiger partial charge in [0.15, 0.2) is 0 Å². The second-order valence-electron chi connectivity index (χ2n) is 8.22. The van der Waals surface area contributed by atoms with Gasteiger partial charge in [0, 0.05) is 12.8 Å². The van der Waals surface area contributed by atoms with Crippen LogP contribution in [0.5, 0.6) is 5.75 Å². The topological polar surface area (TPSA) is 52.6 Å². The van der Waals surface area contributed by atoms with Crippen molar-refractivity contribution in [1.82, 2.24) is 0 Å². The molecule has 0 spiro atoms.